The molecule has 0 spiro atoms. The average molecular weight is 504 g/mol. The lowest BCUT2D eigenvalue weighted by molar-refractivity contribution is -0.386. The van der Waals surface area contributed by atoms with Crippen LogP contribution in [0.2, 0.25) is 0 Å². The summed E-state index contributed by atoms with van der Waals surface area (Å²) in [6.07, 6.45) is -3.66. The zero-order valence-electron chi connectivity index (χ0n) is 19.9. The molecule has 2 rings (SSSR count). The molecule has 0 aliphatic heterocycles. The molecule has 0 heterocycles. The summed E-state index contributed by atoms with van der Waals surface area (Å²) >= 11 is 0. The van der Waals surface area contributed by atoms with Gasteiger partial charge < -0.3 is 18.9 Å². The molecule has 36 heavy (non-hydrogen) atoms. The van der Waals surface area contributed by atoms with Gasteiger partial charge in [-0.25, -0.2) is 4.79 Å². The molecule has 0 fully saturated rings. The van der Waals surface area contributed by atoms with E-state index in [0.29, 0.717) is 0 Å². The quantitative estimate of drug-likeness (QED) is 0.182. The van der Waals surface area contributed by atoms with Crippen molar-refractivity contribution in [3.63, 3.8) is 0 Å². The van der Waals surface area contributed by atoms with Gasteiger partial charge >= 0.3 is 18.1 Å². The van der Waals surface area contributed by atoms with E-state index in [1.54, 1.807) is 13.8 Å². The number of nitrogens with zero attached hydrogens (tertiary/aromatic N) is 2. The number of hydrogen-bond acceptors (Lipinski definition) is 11. The van der Waals surface area contributed by atoms with Crippen molar-refractivity contribution in [2.24, 2.45) is 0 Å². The number of rotatable bonds is 10. The molecule has 0 saturated heterocycles. The van der Waals surface area contributed by atoms with Crippen LogP contribution in [0.15, 0.2) is 36.4 Å². The second-order valence-electron chi connectivity index (χ2n) is 7.32. The lowest BCUT2D eigenvalue weighted by Gasteiger charge is -2.18. The maximum absolute atomic E-state index is 12.7. The van der Waals surface area contributed by atoms with E-state index in [2.05, 4.69) is 0 Å². The summed E-state index contributed by atoms with van der Waals surface area (Å²) < 4.78 is 20.7. The standard InChI is InChI=1S/C23H24N2O11/c1-5-19(26)33-13(3)21-15(24(29)30)9-7-11-17(21)35-23(28)36-18-12-8-10-16(25(31)32)22(18)14(4)34-20(27)6-2/h7-14H,5-6H2,1-4H3. The Morgan fingerprint density at radius 3 is 1.42 bits per heavy atom. The normalized spacial score (nSPS) is 12.1. The Bertz CT molecular complexity index is 1090. The van der Waals surface area contributed by atoms with Crippen LogP contribution >= 0.6 is 0 Å². The molecule has 2 aromatic carbocycles. The van der Waals surface area contributed by atoms with Crippen LogP contribution in [0.1, 0.15) is 63.9 Å². The molecule has 192 valence electrons. The number of ether oxygens (including phenoxy) is 4. The van der Waals surface area contributed by atoms with E-state index < -0.39 is 51.5 Å². The third kappa shape index (κ3) is 6.74. The van der Waals surface area contributed by atoms with E-state index in [-0.39, 0.29) is 35.5 Å². The van der Waals surface area contributed by atoms with Gasteiger partial charge in [-0.3, -0.25) is 29.8 Å². The highest BCUT2D eigenvalue weighted by atomic mass is 16.7. The fourth-order valence-corrected chi connectivity index (χ4v) is 3.26. The van der Waals surface area contributed by atoms with Crippen LogP contribution in [0.4, 0.5) is 16.2 Å². The number of carbonyl (C=O) groups excluding carboxylic acids is 3. The molecule has 2 unspecified atom stereocenters. The molecule has 0 bridgehead atoms. The van der Waals surface area contributed by atoms with Crippen LogP contribution in [0.25, 0.3) is 0 Å². The van der Waals surface area contributed by atoms with Crippen molar-refractivity contribution < 1.29 is 43.2 Å². The first-order chi connectivity index (χ1) is 17.0. The SMILES string of the molecule is CCC(=O)OC(C)c1c(OC(=O)Oc2cccc([N+](=O)[O-])c2C(C)OC(=O)CC)cccc1[N+](=O)[O-]. The molecule has 0 aromatic heterocycles. The van der Waals surface area contributed by atoms with Gasteiger partial charge in [0.1, 0.15) is 34.8 Å². The maximum atomic E-state index is 12.7. The third-order valence-corrected chi connectivity index (χ3v) is 4.87. The average Bonchev–Trinajstić information content (AvgIpc) is 2.82. The minimum Gasteiger partial charge on any atom is -0.457 e. The van der Waals surface area contributed by atoms with Crippen LogP contribution in [0.5, 0.6) is 11.5 Å². The van der Waals surface area contributed by atoms with Gasteiger partial charge in [0, 0.05) is 25.0 Å². The number of esters is 2. The Kier molecular flexibility index (Phi) is 9.42. The van der Waals surface area contributed by atoms with E-state index in [9.17, 15) is 34.6 Å². The summed E-state index contributed by atoms with van der Waals surface area (Å²) in [5, 5.41) is 23.1. The molecule has 0 saturated carbocycles. The van der Waals surface area contributed by atoms with Crippen LogP contribution in [0.3, 0.4) is 0 Å². The smallest absolute Gasteiger partial charge is 0.457 e. The van der Waals surface area contributed by atoms with Crippen molar-refractivity contribution >= 4 is 29.5 Å². The van der Waals surface area contributed by atoms with Gasteiger partial charge in [0.25, 0.3) is 11.4 Å². The van der Waals surface area contributed by atoms with Crippen molar-refractivity contribution in [2.45, 2.75) is 52.7 Å². The first kappa shape index (κ1) is 27.7. The van der Waals surface area contributed by atoms with Gasteiger partial charge in [0.05, 0.1) is 9.85 Å². The van der Waals surface area contributed by atoms with E-state index in [0.717, 1.165) is 12.1 Å². The fraction of sp³-hybridized carbons (Fsp3) is 0.348. The molecule has 2 aromatic rings. The largest absolute Gasteiger partial charge is 0.519 e. The molecule has 0 amide bonds. The predicted molar refractivity (Wildman–Crippen MR) is 122 cm³/mol. The van der Waals surface area contributed by atoms with Gasteiger partial charge in [-0.2, -0.15) is 0 Å². The maximum Gasteiger partial charge on any atom is 0.519 e. The Morgan fingerprint density at radius 1 is 0.750 bits per heavy atom. The highest BCUT2D eigenvalue weighted by molar-refractivity contribution is 5.72. The lowest BCUT2D eigenvalue weighted by atomic mass is 10.1. The van der Waals surface area contributed by atoms with Crippen LogP contribution < -0.4 is 9.47 Å². The summed E-state index contributed by atoms with van der Waals surface area (Å²) in [6.45, 7) is 5.82. The molecule has 0 aliphatic rings. The second kappa shape index (κ2) is 12.2. The molecule has 0 radical (unpaired) electrons. The Hall–Kier alpha value is -4.55. The van der Waals surface area contributed by atoms with Crippen LogP contribution in [-0.2, 0) is 19.1 Å². The number of hydrogen-bond donors (Lipinski definition) is 0. The summed E-state index contributed by atoms with van der Waals surface area (Å²) in [5.41, 5.74) is -1.31. The zero-order valence-corrected chi connectivity index (χ0v) is 19.9. The first-order valence-corrected chi connectivity index (χ1v) is 10.8. The number of carbonyl (C=O) groups is 3. The van der Waals surface area contributed by atoms with Crippen molar-refractivity contribution in [1.29, 1.82) is 0 Å². The minimum absolute atomic E-state index is 0.0134. The molecule has 0 aliphatic carbocycles. The van der Waals surface area contributed by atoms with Crippen molar-refractivity contribution in [2.75, 3.05) is 0 Å². The molecular formula is C23H24N2O11. The van der Waals surface area contributed by atoms with Crippen molar-refractivity contribution in [1.82, 2.24) is 0 Å². The molecular weight excluding hydrogens is 480 g/mol. The van der Waals surface area contributed by atoms with E-state index >= 15 is 0 Å². The van der Waals surface area contributed by atoms with Gasteiger partial charge in [-0.15, -0.1) is 0 Å². The van der Waals surface area contributed by atoms with Gasteiger partial charge in [0.2, 0.25) is 0 Å². The number of nitro groups is 2. The van der Waals surface area contributed by atoms with E-state index in [1.165, 1.54) is 38.1 Å². The Labute approximate surface area is 205 Å². The third-order valence-electron chi connectivity index (χ3n) is 4.87. The van der Waals surface area contributed by atoms with Gasteiger partial charge in [0.15, 0.2) is 0 Å². The molecule has 2 atom stereocenters. The van der Waals surface area contributed by atoms with Crippen LogP contribution in [0, 0.1) is 20.2 Å². The Morgan fingerprint density at radius 2 is 1.11 bits per heavy atom. The van der Waals surface area contributed by atoms with Crippen molar-refractivity contribution in [3.05, 3.63) is 67.8 Å². The van der Waals surface area contributed by atoms with Crippen molar-refractivity contribution in [3.8, 4) is 11.5 Å². The molecule has 13 heteroatoms. The van der Waals surface area contributed by atoms with E-state index in [4.69, 9.17) is 18.9 Å². The number of benzene rings is 2. The fourth-order valence-electron chi connectivity index (χ4n) is 3.26. The summed E-state index contributed by atoms with van der Waals surface area (Å²) in [4.78, 5) is 57.7. The Balaban J connectivity index is 2.43. The van der Waals surface area contributed by atoms with E-state index in [1.807, 2.05) is 0 Å². The summed E-state index contributed by atoms with van der Waals surface area (Å²) in [5.74, 6) is -1.90. The monoisotopic (exact) mass is 504 g/mol. The zero-order chi connectivity index (χ0) is 27.0. The number of nitro benzene ring substituents is 2. The van der Waals surface area contributed by atoms with Crippen LogP contribution in [-0.4, -0.2) is 27.9 Å². The topological polar surface area (TPSA) is 174 Å². The predicted octanol–water partition coefficient (Wildman–Crippen LogP) is 5.11. The first-order valence-electron chi connectivity index (χ1n) is 10.8. The molecule has 13 nitrogen and oxygen atoms in total. The lowest BCUT2D eigenvalue weighted by Crippen LogP contribution is -2.19. The highest BCUT2D eigenvalue weighted by Crippen LogP contribution is 2.38. The molecule has 0 N–H and O–H groups in total. The highest BCUT2D eigenvalue weighted by Gasteiger charge is 2.30. The van der Waals surface area contributed by atoms with Gasteiger partial charge in [-0.1, -0.05) is 26.0 Å². The summed E-state index contributed by atoms with van der Waals surface area (Å²) in [7, 11) is 0. The minimum atomic E-state index is -1.39. The second-order valence-corrected chi connectivity index (χ2v) is 7.32. The van der Waals surface area contributed by atoms with Gasteiger partial charge in [-0.05, 0) is 26.0 Å². The summed E-state index contributed by atoms with van der Waals surface area (Å²) in [6, 6.07) is 7.27.